The summed E-state index contributed by atoms with van der Waals surface area (Å²) in [7, 11) is 0. The first-order valence-corrected chi connectivity index (χ1v) is 12.6. The molecule has 0 radical (unpaired) electrons. The minimum Gasteiger partial charge on any atom is -0.384 e. The maximum Gasteiger partial charge on any atom is 0.148 e. The number of rotatable bonds is 8. The second-order valence-corrected chi connectivity index (χ2v) is 9.42. The van der Waals surface area contributed by atoms with Crippen LogP contribution in [0.4, 0.5) is 0 Å². The molecule has 0 spiro atoms. The lowest BCUT2D eigenvalue weighted by molar-refractivity contribution is 0.930. The number of halogens is 4. The molecule has 8 nitrogen and oxygen atoms in total. The Morgan fingerprint density at radius 3 is 1.49 bits per heavy atom. The maximum atomic E-state index is 6.13. The standard InChI is InChI=1S/C26H28N8S.4HI/c1-3-11-29-23(27)15-5-7-17-19(13-15)33-25(31-17)21-9-10-22(35-21)26-32-18-8-6-16(14-20(18)34-26)24(28)30-12-4-2;;;;/h5-10,13-14H,3-4,11-12H2,1-2H3,(H2,27,29)(H2,28,30)(H,31,33)(H,32,34);4*1H. The van der Waals surface area contributed by atoms with E-state index in [4.69, 9.17) is 21.4 Å². The highest BCUT2D eigenvalue weighted by molar-refractivity contribution is 14.0. The number of imidazole rings is 2. The van der Waals surface area contributed by atoms with E-state index in [2.05, 4.69) is 45.9 Å². The summed E-state index contributed by atoms with van der Waals surface area (Å²) >= 11 is 1.63. The highest BCUT2D eigenvalue weighted by Gasteiger charge is 2.13. The van der Waals surface area contributed by atoms with Crippen LogP contribution in [0, 0.1) is 0 Å². The molecule has 0 aliphatic heterocycles. The minimum atomic E-state index is 0. The van der Waals surface area contributed by atoms with Gasteiger partial charge in [0, 0.05) is 24.2 Å². The molecule has 2 aromatic carbocycles. The molecule has 0 aliphatic rings. The van der Waals surface area contributed by atoms with Crippen LogP contribution in [0.1, 0.15) is 37.8 Å². The molecule has 0 unspecified atom stereocenters. The second-order valence-electron chi connectivity index (χ2n) is 8.33. The molecule has 6 N–H and O–H groups in total. The Morgan fingerprint density at radius 2 is 1.10 bits per heavy atom. The summed E-state index contributed by atoms with van der Waals surface area (Å²) in [4.78, 5) is 27.3. The first-order valence-electron chi connectivity index (χ1n) is 11.8. The van der Waals surface area contributed by atoms with E-state index in [-0.39, 0.29) is 95.9 Å². The Morgan fingerprint density at radius 1 is 0.692 bits per heavy atom. The van der Waals surface area contributed by atoms with Gasteiger partial charge in [-0.05, 0) is 61.4 Å². The Bertz CT molecular complexity index is 1460. The molecule has 210 valence electrons. The van der Waals surface area contributed by atoms with Crippen molar-refractivity contribution in [3.8, 4) is 21.4 Å². The summed E-state index contributed by atoms with van der Waals surface area (Å²) in [6.07, 6.45) is 1.93. The van der Waals surface area contributed by atoms with Gasteiger partial charge in [0.2, 0.25) is 0 Å². The number of amidine groups is 2. The van der Waals surface area contributed by atoms with Gasteiger partial charge in [-0.2, -0.15) is 0 Å². The molecule has 0 amide bonds. The molecule has 0 saturated carbocycles. The summed E-state index contributed by atoms with van der Waals surface area (Å²) in [6.45, 7) is 5.61. The Hall–Kier alpha value is -1.06. The van der Waals surface area contributed by atoms with Gasteiger partial charge in [-0.15, -0.1) is 107 Å². The van der Waals surface area contributed by atoms with E-state index in [9.17, 15) is 0 Å². The number of aromatic amines is 2. The molecule has 0 fully saturated rings. The highest BCUT2D eigenvalue weighted by Crippen LogP contribution is 2.34. The zero-order valence-electron chi connectivity index (χ0n) is 21.4. The van der Waals surface area contributed by atoms with E-state index in [1.54, 1.807) is 11.3 Å². The van der Waals surface area contributed by atoms with E-state index in [0.29, 0.717) is 11.7 Å². The fourth-order valence-electron chi connectivity index (χ4n) is 3.81. The number of nitrogens with one attached hydrogen (secondary N) is 2. The van der Waals surface area contributed by atoms with Gasteiger partial charge in [-0.25, -0.2) is 9.97 Å². The molecule has 0 aliphatic carbocycles. The predicted octanol–water partition coefficient (Wildman–Crippen LogP) is 7.54. The fraction of sp³-hybridized carbons (Fsp3) is 0.231. The van der Waals surface area contributed by atoms with Crippen LogP contribution in [-0.2, 0) is 0 Å². The molecule has 0 saturated heterocycles. The van der Waals surface area contributed by atoms with Crippen LogP contribution in [0.3, 0.4) is 0 Å². The summed E-state index contributed by atoms with van der Waals surface area (Å²) in [5.74, 6) is 2.73. The topological polar surface area (TPSA) is 134 Å². The smallest absolute Gasteiger partial charge is 0.148 e. The van der Waals surface area contributed by atoms with Gasteiger partial charge in [0.25, 0.3) is 0 Å². The Balaban J connectivity index is 0.00000190. The largest absolute Gasteiger partial charge is 0.384 e. The van der Waals surface area contributed by atoms with Gasteiger partial charge >= 0.3 is 0 Å². The van der Waals surface area contributed by atoms with Crippen molar-refractivity contribution in [2.24, 2.45) is 21.5 Å². The van der Waals surface area contributed by atoms with Crippen LogP contribution >= 0.6 is 107 Å². The average Bonchev–Trinajstić information content (AvgIpc) is 3.61. The van der Waals surface area contributed by atoms with Gasteiger partial charge in [-0.1, -0.05) is 13.8 Å². The Kier molecular flexibility index (Phi) is 15.1. The monoisotopic (exact) mass is 996 g/mol. The molecule has 5 rings (SSSR count). The van der Waals surface area contributed by atoms with Crippen LogP contribution in [0.25, 0.3) is 43.5 Å². The lowest BCUT2D eigenvalue weighted by Crippen LogP contribution is -2.13. The summed E-state index contributed by atoms with van der Waals surface area (Å²) in [5, 5.41) is 0. The number of fused-ring (bicyclic) bond motifs is 2. The first-order chi connectivity index (χ1) is 17.1. The van der Waals surface area contributed by atoms with E-state index in [1.807, 2.05) is 36.4 Å². The lowest BCUT2D eigenvalue weighted by atomic mass is 10.2. The minimum absolute atomic E-state index is 0. The number of thiophene rings is 1. The normalized spacial score (nSPS) is 11.4. The third kappa shape index (κ3) is 8.25. The van der Waals surface area contributed by atoms with Crippen molar-refractivity contribution in [2.45, 2.75) is 26.7 Å². The van der Waals surface area contributed by atoms with Crippen LogP contribution in [-0.4, -0.2) is 44.7 Å². The molecular weight excluding hydrogens is 964 g/mol. The van der Waals surface area contributed by atoms with Gasteiger partial charge in [0.05, 0.1) is 31.8 Å². The maximum absolute atomic E-state index is 6.13. The van der Waals surface area contributed by atoms with Crippen molar-refractivity contribution in [2.75, 3.05) is 13.1 Å². The molecule has 3 aromatic heterocycles. The molecule has 3 heterocycles. The fourth-order valence-corrected chi connectivity index (χ4v) is 4.71. The molecule has 39 heavy (non-hydrogen) atoms. The number of hydrogen-bond acceptors (Lipinski definition) is 5. The van der Waals surface area contributed by atoms with Gasteiger partial charge in [-0.3, -0.25) is 9.98 Å². The molecule has 13 heteroatoms. The van der Waals surface area contributed by atoms with Crippen LogP contribution < -0.4 is 11.5 Å². The zero-order chi connectivity index (χ0) is 24.4. The van der Waals surface area contributed by atoms with Gasteiger partial charge < -0.3 is 21.4 Å². The number of aromatic nitrogens is 4. The number of benzene rings is 2. The van der Waals surface area contributed by atoms with Crippen molar-refractivity contribution in [3.05, 3.63) is 59.7 Å². The molecule has 5 aromatic rings. The molecular formula is C26H32I4N8S. The van der Waals surface area contributed by atoms with E-state index in [0.717, 1.165) is 80.5 Å². The third-order valence-corrected chi connectivity index (χ3v) is 6.74. The number of nitrogens with zero attached hydrogens (tertiary/aromatic N) is 4. The van der Waals surface area contributed by atoms with Crippen molar-refractivity contribution in [1.82, 2.24) is 19.9 Å². The van der Waals surface area contributed by atoms with E-state index >= 15 is 0 Å². The molecule has 0 atom stereocenters. The van der Waals surface area contributed by atoms with Gasteiger partial charge in [0.1, 0.15) is 23.3 Å². The second kappa shape index (κ2) is 16.4. The van der Waals surface area contributed by atoms with Crippen molar-refractivity contribution < 1.29 is 0 Å². The van der Waals surface area contributed by atoms with Crippen LogP contribution in [0.2, 0.25) is 0 Å². The van der Waals surface area contributed by atoms with E-state index < -0.39 is 0 Å². The zero-order valence-corrected chi connectivity index (χ0v) is 31.6. The quantitative estimate of drug-likeness (QED) is 0.0727. The summed E-state index contributed by atoms with van der Waals surface area (Å²) in [6, 6.07) is 16.0. The van der Waals surface area contributed by atoms with Crippen molar-refractivity contribution in [3.63, 3.8) is 0 Å². The molecule has 0 bridgehead atoms. The number of hydrogen-bond donors (Lipinski definition) is 4. The number of aliphatic imine (C=N–C) groups is 2. The van der Waals surface area contributed by atoms with Crippen molar-refractivity contribution in [1.29, 1.82) is 0 Å². The van der Waals surface area contributed by atoms with Crippen LogP contribution in [0.5, 0.6) is 0 Å². The first kappa shape index (κ1) is 36.0. The lowest BCUT2D eigenvalue weighted by Gasteiger charge is -2.00. The number of H-pyrrole nitrogens is 2. The Labute approximate surface area is 299 Å². The van der Waals surface area contributed by atoms with Gasteiger partial charge in [0.15, 0.2) is 0 Å². The SMILES string of the molecule is CCCN=C(N)c1ccc2nc(-c3ccc(-c4nc5ccc(C(N)=NCCC)cc5[nH]4)s3)[nH]c2c1.I.I.I.I. The summed E-state index contributed by atoms with van der Waals surface area (Å²) < 4.78 is 0. The van der Waals surface area contributed by atoms with Crippen molar-refractivity contribution >= 4 is 141 Å². The number of nitrogens with two attached hydrogens (primary N) is 2. The average molecular weight is 996 g/mol. The highest BCUT2D eigenvalue weighted by atomic mass is 127. The third-order valence-electron chi connectivity index (χ3n) is 5.64. The van der Waals surface area contributed by atoms with Crippen LogP contribution in [0.15, 0.2) is 58.5 Å². The predicted molar refractivity (Wildman–Crippen MR) is 208 cm³/mol. The van der Waals surface area contributed by atoms with E-state index in [1.165, 1.54) is 0 Å². The summed E-state index contributed by atoms with van der Waals surface area (Å²) in [5.41, 5.74) is 17.7.